The van der Waals surface area contributed by atoms with Crippen molar-refractivity contribution in [2.24, 2.45) is 5.73 Å². The topological polar surface area (TPSA) is 80.4 Å². The van der Waals surface area contributed by atoms with E-state index < -0.39 is 12.0 Å². The van der Waals surface area contributed by atoms with Gasteiger partial charge in [-0.05, 0) is 23.8 Å². The number of hydrogen-bond donors (Lipinski definition) is 2. The lowest BCUT2D eigenvalue weighted by Crippen LogP contribution is -2.32. The van der Waals surface area contributed by atoms with Crippen molar-refractivity contribution in [3.8, 4) is 0 Å². The summed E-state index contributed by atoms with van der Waals surface area (Å²) in [6.45, 7) is 2.00. The maximum Gasteiger partial charge on any atom is 0.320 e. The van der Waals surface area contributed by atoms with Gasteiger partial charge >= 0.3 is 5.97 Å². The smallest absolute Gasteiger partial charge is 0.320 e. The predicted molar refractivity (Wildman–Crippen MR) is 73.2 cm³/mol. The molecule has 0 amide bonds. The molecule has 0 radical (unpaired) electrons. The Morgan fingerprint density at radius 1 is 1.16 bits per heavy atom. The first-order valence-electron chi connectivity index (χ1n) is 5.99. The van der Waals surface area contributed by atoms with Crippen molar-refractivity contribution in [2.75, 3.05) is 0 Å². The van der Waals surface area contributed by atoms with Crippen LogP contribution in [0.2, 0.25) is 0 Å². The second-order valence-corrected chi connectivity index (χ2v) is 4.64. The molecule has 0 aliphatic carbocycles. The number of aryl methyl sites for hydroxylation is 1. The van der Waals surface area contributed by atoms with Crippen LogP contribution in [-0.2, 0) is 4.79 Å². The zero-order chi connectivity index (χ0) is 14.0. The molecular weight excluding hydrogens is 242 g/mol. The Hall–Kier alpha value is -2.20. The number of nitrogens with two attached hydrogens (primary N) is 1. The highest BCUT2D eigenvalue weighted by Gasteiger charge is 2.17. The maximum absolute atomic E-state index is 11.9. The van der Waals surface area contributed by atoms with Gasteiger partial charge < -0.3 is 10.8 Å². The van der Waals surface area contributed by atoms with E-state index >= 15 is 0 Å². The number of rotatable bonds is 4. The molecule has 0 fully saturated rings. The second kappa shape index (κ2) is 5.20. The molecule has 19 heavy (non-hydrogen) atoms. The van der Waals surface area contributed by atoms with Gasteiger partial charge in [0.15, 0.2) is 5.78 Å². The average Bonchev–Trinajstić information content (AvgIpc) is 2.37. The summed E-state index contributed by atoms with van der Waals surface area (Å²) >= 11 is 0. The first-order chi connectivity index (χ1) is 8.97. The Morgan fingerprint density at radius 3 is 2.47 bits per heavy atom. The van der Waals surface area contributed by atoms with E-state index in [-0.39, 0.29) is 12.2 Å². The van der Waals surface area contributed by atoms with E-state index in [9.17, 15) is 9.59 Å². The van der Waals surface area contributed by atoms with Gasteiger partial charge in [-0.2, -0.15) is 0 Å². The van der Waals surface area contributed by atoms with Crippen molar-refractivity contribution >= 4 is 22.5 Å². The molecule has 1 unspecified atom stereocenters. The van der Waals surface area contributed by atoms with Crippen LogP contribution in [0.25, 0.3) is 10.8 Å². The summed E-state index contributed by atoms with van der Waals surface area (Å²) < 4.78 is 0. The minimum atomic E-state index is -1.16. The summed E-state index contributed by atoms with van der Waals surface area (Å²) in [5.74, 6) is -1.41. The molecular formula is C15H15NO3. The van der Waals surface area contributed by atoms with Gasteiger partial charge in [0, 0.05) is 12.0 Å². The number of ketones is 1. The molecule has 0 spiro atoms. The van der Waals surface area contributed by atoms with Crippen molar-refractivity contribution in [3.05, 3.63) is 47.5 Å². The number of carboxylic acid groups (broad SMARTS) is 1. The van der Waals surface area contributed by atoms with E-state index in [1.165, 1.54) is 0 Å². The van der Waals surface area contributed by atoms with E-state index in [1.54, 1.807) is 12.1 Å². The third kappa shape index (κ3) is 2.98. The second-order valence-electron chi connectivity index (χ2n) is 4.64. The molecule has 3 N–H and O–H groups in total. The number of carboxylic acids is 1. The number of Topliss-reactive ketones (excluding diaryl/α,β-unsaturated/α-hetero) is 1. The highest BCUT2D eigenvalue weighted by atomic mass is 16.4. The van der Waals surface area contributed by atoms with Gasteiger partial charge in [-0.1, -0.05) is 35.9 Å². The molecule has 0 bridgehead atoms. The van der Waals surface area contributed by atoms with Crippen LogP contribution in [0.4, 0.5) is 0 Å². The SMILES string of the molecule is Cc1ccc2cc(C(=O)CC(N)C(=O)O)ccc2c1. The average molecular weight is 257 g/mol. The fourth-order valence-corrected chi connectivity index (χ4v) is 1.94. The lowest BCUT2D eigenvalue weighted by molar-refractivity contribution is -0.138. The minimum absolute atomic E-state index is 0.188. The lowest BCUT2D eigenvalue weighted by Gasteiger charge is -2.07. The Kier molecular flexibility index (Phi) is 3.62. The molecule has 0 saturated carbocycles. The lowest BCUT2D eigenvalue weighted by atomic mass is 10.00. The van der Waals surface area contributed by atoms with Gasteiger partial charge in [-0.3, -0.25) is 9.59 Å². The fourth-order valence-electron chi connectivity index (χ4n) is 1.94. The summed E-state index contributed by atoms with van der Waals surface area (Å²) in [6.07, 6.45) is -0.188. The van der Waals surface area contributed by atoms with Gasteiger partial charge in [0.25, 0.3) is 0 Å². The fraction of sp³-hybridized carbons (Fsp3) is 0.200. The highest BCUT2D eigenvalue weighted by molar-refractivity contribution is 6.01. The zero-order valence-electron chi connectivity index (χ0n) is 10.6. The van der Waals surface area contributed by atoms with Crippen LogP contribution < -0.4 is 5.73 Å². The number of aliphatic carboxylic acids is 1. The Balaban J connectivity index is 2.28. The number of carbonyl (C=O) groups excluding carboxylic acids is 1. The standard InChI is InChI=1S/C15H15NO3/c1-9-2-3-11-7-12(5-4-10(11)6-9)14(17)8-13(16)15(18)19/h2-7,13H,8,16H2,1H3,(H,18,19). The third-order valence-corrected chi connectivity index (χ3v) is 3.04. The number of hydrogen-bond acceptors (Lipinski definition) is 3. The van der Waals surface area contributed by atoms with Gasteiger partial charge in [-0.25, -0.2) is 0 Å². The van der Waals surface area contributed by atoms with Crippen molar-refractivity contribution in [2.45, 2.75) is 19.4 Å². The molecule has 2 aromatic carbocycles. The summed E-state index contributed by atoms with van der Waals surface area (Å²) in [6, 6.07) is 10.1. The molecule has 98 valence electrons. The third-order valence-electron chi connectivity index (χ3n) is 3.04. The molecule has 2 rings (SSSR count). The van der Waals surface area contributed by atoms with Crippen LogP contribution in [0, 0.1) is 6.92 Å². The Bertz CT molecular complexity index is 649. The van der Waals surface area contributed by atoms with E-state index in [0.717, 1.165) is 16.3 Å². The van der Waals surface area contributed by atoms with Crippen LogP contribution in [0.15, 0.2) is 36.4 Å². The Labute approximate surface area is 110 Å². The summed E-state index contributed by atoms with van der Waals surface area (Å²) in [4.78, 5) is 22.6. The normalized spacial score (nSPS) is 12.3. The van der Waals surface area contributed by atoms with E-state index in [1.807, 2.05) is 31.2 Å². The molecule has 0 saturated heterocycles. The molecule has 0 aliphatic rings. The first kappa shape index (κ1) is 13.2. The zero-order valence-corrected chi connectivity index (χ0v) is 10.6. The van der Waals surface area contributed by atoms with Crippen LogP contribution in [0.1, 0.15) is 22.3 Å². The Morgan fingerprint density at radius 2 is 1.79 bits per heavy atom. The van der Waals surface area contributed by atoms with Crippen LogP contribution in [0.5, 0.6) is 0 Å². The number of benzene rings is 2. The van der Waals surface area contributed by atoms with Crippen LogP contribution >= 0.6 is 0 Å². The monoisotopic (exact) mass is 257 g/mol. The first-order valence-corrected chi connectivity index (χ1v) is 5.99. The number of carbonyl (C=O) groups is 2. The molecule has 2 aromatic rings. The van der Waals surface area contributed by atoms with Crippen molar-refractivity contribution in [1.82, 2.24) is 0 Å². The van der Waals surface area contributed by atoms with E-state index in [4.69, 9.17) is 10.8 Å². The summed E-state index contributed by atoms with van der Waals surface area (Å²) in [7, 11) is 0. The molecule has 4 nitrogen and oxygen atoms in total. The van der Waals surface area contributed by atoms with Gasteiger partial charge in [0.2, 0.25) is 0 Å². The summed E-state index contributed by atoms with van der Waals surface area (Å²) in [5, 5.41) is 10.7. The van der Waals surface area contributed by atoms with Gasteiger partial charge in [-0.15, -0.1) is 0 Å². The van der Waals surface area contributed by atoms with Crippen LogP contribution in [-0.4, -0.2) is 22.9 Å². The molecule has 4 heteroatoms. The maximum atomic E-state index is 11.9. The summed E-state index contributed by atoms with van der Waals surface area (Å²) in [5.41, 5.74) is 7.01. The van der Waals surface area contributed by atoms with Crippen molar-refractivity contribution in [3.63, 3.8) is 0 Å². The van der Waals surface area contributed by atoms with E-state index in [0.29, 0.717) is 5.56 Å². The van der Waals surface area contributed by atoms with Crippen LogP contribution in [0.3, 0.4) is 0 Å². The quantitative estimate of drug-likeness (QED) is 0.822. The van der Waals surface area contributed by atoms with Crippen molar-refractivity contribution in [1.29, 1.82) is 0 Å². The largest absolute Gasteiger partial charge is 0.480 e. The molecule has 0 aliphatic heterocycles. The van der Waals surface area contributed by atoms with E-state index in [2.05, 4.69) is 0 Å². The molecule has 1 atom stereocenters. The van der Waals surface area contributed by atoms with Crippen molar-refractivity contribution < 1.29 is 14.7 Å². The predicted octanol–water partition coefficient (Wildman–Crippen LogP) is 2.13. The number of fused-ring (bicyclic) bond motifs is 1. The van der Waals surface area contributed by atoms with Gasteiger partial charge in [0.05, 0.1) is 0 Å². The molecule has 0 aromatic heterocycles. The highest BCUT2D eigenvalue weighted by Crippen LogP contribution is 2.18. The minimum Gasteiger partial charge on any atom is -0.480 e. The van der Waals surface area contributed by atoms with Gasteiger partial charge in [0.1, 0.15) is 6.04 Å². The molecule has 0 heterocycles.